The fraction of sp³-hybridized carbons (Fsp3) is 0.375. The first-order valence-electron chi connectivity index (χ1n) is 7.12. The molecule has 1 aliphatic rings. The molecule has 0 bridgehead atoms. The van der Waals surface area contributed by atoms with Crippen LogP contribution in [0.25, 0.3) is 5.69 Å². The molecule has 4 heteroatoms. The van der Waals surface area contributed by atoms with E-state index in [4.69, 9.17) is 0 Å². The zero-order valence-electron chi connectivity index (χ0n) is 11.7. The minimum atomic E-state index is 0.147. The third-order valence-electron chi connectivity index (χ3n) is 3.99. The number of aromatic nitrogens is 2. The highest BCUT2D eigenvalue weighted by Gasteiger charge is 2.21. The number of carbonyl (C=O) groups is 1. The van der Waals surface area contributed by atoms with Gasteiger partial charge in [0.05, 0.1) is 6.33 Å². The lowest BCUT2D eigenvalue weighted by atomic mass is 9.98. The maximum absolute atomic E-state index is 12.4. The van der Waals surface area contributed by atoms with Crippen molar-refractivity contribution in [2.45, 2.75) is 19.8 Å². The number of imidazole rings is 1. The molecule has 2 aromatic rings. The van der Waals surface area contributed by atoms with Gasteiger partial charge in [-0.25, -0.2) is 4.98 Å². The van der Waals surface area contributed by atoms with Gasteiger partial charge >= 0.3 is 0 Å². The van der Waals surface area contributed by atoms with Gasteiger partial charge in [-0.1, -0.05) is 6.92 Å². The molecule has 1 aliphatic heterocycles. The number of hydrogen-bond acceptors (Lipinski definition) is 2. The number of likely N-dealkylation sites (tertiary alicyclic amines) is 1. The number of rotatable bonds is 2. The van der Waals surface area contributed by atoms with Crippen molar-refractivity contribution in [3.8, 4) is 5.69 Å². The van der Waals surface area contributed by atoms with Crippen LogP contribution in [0, 0.1) is 5.92 Å². The summed E-state index contributed by atoms with van der Waals surface area (Å²) in [6, 6.07) is 7.72. The zero-order chi connectivity index (χ0) is 13.9. The molecule has 0 atom stereocenters. The van der Waals surface area contributed by atoms with Gasteiger partial charge in [-0.05, 0) is 43.0 Å². The molecule has 0 unspecified atom stereocenters. The van der Waals surface area contributed by atoms with Crippen molar-refractivity contribution in [3.05, 3.63) is 48.5 Å². The Bertz CT molecular complexity index is 566. The highest BCUT2D eigenvalue weighted by atomic mass is 16.2. The summed E-state index contributed by atoms with van der Waals surface area (Å²) in [5, 5.41) is 0. The molecular weight excluding hydrogens is 250 g/mol. The summed E-state index contributed by atoms with van der Waals surface area (Å²) in [7, 11) is 0. The molecule has 2 heterocycles. The van der Waals surface area contributed by atoms with Crippen LogP contribution in [-0.2, 0) is 0 Å². The molecule has 1 aromatic heterocycles. The summed E-state index contributed by atoms with van der Waals surface area (Å²) in [5.41, 5.74) is 1.79. The predicted molar refractivity (Wildman–Crippen MR) is 77.9 cm³/mol. The van der Waals surface area contributed by atoms with E-state index in [2.05, 4.69) is 11.9 Å². The van der Waals surface area contributed by atoms with E-state index in [1.807, 2.05) is 39.9 Å². The number of carbonyl (C=O) groups excluding carboxylic acids is 1. The molecule has 0 spiro atoms. The Morgan fingerprint density at radius 1 is 1.20 bits per heavy atom. The third-order valence-corrected chi connectivity index (χ3v) is 3.99. The predicted octanol–water partition coefficient (Wildman–Crippen LogP) is 2.74. The molecule has 1 saturated heterocycles. The smallest absolute Gasteiger partial charge is 0.253 e. The number of piperidine rings is 1. The third kappa shape index (κ3) is 2.59. The lowest BCUT2D eigenvalue weighted by Gasteiger charge is -2.30. The maximum atomic E-state index is 12.4. The molecule has 1 amide bonds. The van der Waals surface area contributed by atoms with Crippen LogP contribution >= 0.6 is 0 Å². The molecule has 104 valence electrons. The van der Waals surface area contributed by atoms with Gasteiger partial charge in [-0.15, -0.1) is 0 Å². The molecule has 1 aromatic carbocycles. The molecule has 20 heavy (non-hydrogen) atoms. The van der Waals surface area contributed by atoms with Crippen molar-refractivity contribution >= 4 is 5.91 Å². The summed E-state index contributed by atoms with van der Waals surface area (Å²) >= 11 is 0. The topological polar surface area (TPSA) is 38.1 Å². The van der Waals surface area contributed by atoms with Crippen LogP contribution in [0.1, 0.15) is 30.1 Å². The minimum Gasteiger partial charge on any atom is -0.339 e. The lowest BCUT2D eigenvalue weighted by Crippen LogP contribution is -2.37. The average molecular weight is 269 g/mol. The van der Waals surface area contributed by atoms with E-state index >= 15 is 0 Å². The Morgan fingerprint density at radius 2 is 1.90 bits per heavy atom. The Balaban J connectivity index is 1.73. The van der Waals surface area contributed by atoms with E-state index in [0.717, 1.165) is 43.1 Å². The van der Waals surface area contributed by atoms with Crippen molar-refractivity contribution in [2.75, 3.05) is 13.1 Å². The van der Waals surface area contributed by atoms with Crippen LogP contribution in [0.15, 0.2) is 43.0 Å². The minimum absolute atomic E-state index is 0.147. The Morgan fingerprint density at radius 3 is 2.50 bits per heavy atom. The highest BCUT2D eigenvalue weighted by Crippen LogP contribution is 2.18. The summed E-state index contributed by atoms with van der Waals surface area (Å²) in [5.74, 6) is 0.886. The Hall–Kier alpha value is -2.10. The van der Waals surface area contributed by atoms with Crippen LogP contribution in [0.2, 0.25) is 0 Å². The summed E-state index contributed by atoms with van der Waals surface area (Å²) in [6.45, 7) is 4.01. The van der Waals surface area contributed by atoms with E-state index in [0.29, 0.717) is 0 Å². The molecule has 3 rings (SSSR count). The first kappa shape index (κ1) is 12.9. The monoisotopic (exact) mass is 269 g/mol. The van der Waals surface area contributed by atoms with Gasteiger partial charge in [0, 0.05) is 36.7 Å². The second kappa shape index (κ2) is 5.49. The molecule has 0 N–H and O–H groups in total. The molecule has 0 radical (unpaired) electrons. The molecule has 0 aliphatic carbocycles. The standard InChI is InChI=1S/C16H19N3O/c1-13-6-9-18(10-7-13)16(20)14-2-4-15(5-3-14)19-11-8-17-12-19/h2-5,8,11-13H,6-7,9-10H2,1H3. The van der Waals surface area contributed by atoms with Crippen molar-refractivity contribution < 1.29 is 4.79 Å². The van der Waals surface area contributed by atoms with Crippen molar-refractivity contribution in [1.29, 1.82) is 0 Å². The number of nitrogens with zero attached hydrogens (tertiary/aromatic N) is 3. The lowest BCUT2D eigenvalue weighted by molar-refractivity contribution is 0.0697. The Kier molecular flexibility index (Phi) is 3.54. The van der Waals surface area contributed by atoms with E-state index in [1.165, 1.54) is 0 Å². The fourth-order valence-corrected chi connectivity index (χ4v) is 2.58. The van der Waals surface area contributed by atoms with Crippen molar-refractivity contribution in [3.63, 3.8) is 0 Å². The normalized spacial score (nSPS) is 16.4. The Labute approximate surface area is 119 Å². The van der Waals surface area contributed by atoms with Gasteiger partial charge < -0.3 is 9.47 Å². The number of hydrogen-bond donors (Lipinski definition) is 0. The van der Waals surface area contributed by atoms with E-state index in [1.54, 1.807) is 12.5 Å². The largest absolute Gasteiger partial charge is 0.339 e. The zero-order valence-corrected chi connectivity index (χ0v) is 11.7. The first-order valence-corrected chi connectivity index (χ1v) is 7.12. The second-order valence-electron chi connectivity index (χ2n) is 5.49. The van der Waals surface area contributed by atoms with Gasteiger partial charge in [-0.3, -0.25) is 4.79 Å². The number of benzene rings is 1. The van der Waals surface area contributed by atoms with Crippen LogP contribution in [0.3, 0.4) is 0 Å². The molecule has 0 saturated carbocycles. The fourth-order valence-electron chi connectivity index (χ4n) is 2.58. The quantitative estimate of drug-likeness (QED) is 0.840. The van der Waals surface area contributed by atoms with Crippen LogP contribution < -0.4 is 0 Å². The summed E-state index contributed by atoms with van der Waals surface area (Å²) in [6.07, 6.45) is 7.61. The molecule has 4 nitrogen and oxygen atoms in total. The van der Waals surface area contributed by atoms with Crippen molar-refractivity contribution in [2.24, 2.45) is 5.92 Å². The maximum Gasteiger partial charge on any atom is 0.253 e. The second-order valence-corrected chi connectivity index (χ2v) is 5.49. The highest BCUT2D eigenvalue weighted by molar-refractivity contribution is 5.94. The van der Waals surface area contributed by atoms with Gasteiger partial charge in [0.1, 0.15) is 0 Å². The first-order chi connectivity index (χ1) is 9.74. The van der Waals surface area contributed by atoms with Crippen LogP contribution in [0.4, 0.5) is 0 Å². The van der Waals surface area contributed by atoms with E-state index in [-0.39, 0.29) is 5.91 Å². The van der Waals surface area contributed by atoms with Gasteiger partial charge in [-0.2, -0.15) is 0 Å². The SMILES string of the molecule is CC1CCN(C(=O)c2ccc(-n3ccnc3)cc2)CC1. The molecule has 1 fully saturated rings. The molecular formula is C16H19N3O. The summed E-state index contributed by atoms with van der Waals surface area (Å²) < 4.78 is 1.93. The summed E-state index contributed by atoms with van der Waals surface area (Å²) in [4.78, 5) is 18.4. The van der Waals surface area contributed by atoms with Crippen LogP contribution in [-0.4, -0.2) is 33.4 Å². The van der Waals surface area contributed by atoms with Gasteiger partial charge in [0.15, 0.2) is 0 Å². The van der Waals surface area contributed by atoms with Gasteiger partial charge in [0.25, 0.3) is 5.91 Å². The van der Waals surface area contributed by atoms with E-state index in [9.17, 15) is 4.79 Å². The van der Waals surface area contributed by atoms with Crippen LogP contribution in [0.5, 0.6) is 0 Å². The number of amides is 1. The van der Waals surface area contributed by atoms with Gasteiger partial charge in [0.2, 0.25) is 0 Å². The average Bonchev–Trinajstić information content (AvgIpc) is 3.02. The van der Waals surface area contributed by atoms with E-state index < -0.39 is 0 Å². The van der Waals surface area contributed by atoms with Crippen molar-refractivity contribution in [1.82, 2.24) is 14.5 Å².